The molecule has 1 unspecified atom stereocenters. The molecular formula is C19H21NO5S2. The van der Waals surface area contributed by atoms with Crippen molar-refractivity contribution in [2.24, 2.45) is 0 Å². The van der Waals surface area contributed by atoms with Crippen molar-refractivity contribution in [1.29, 1.82) is 0 Å². The lowest BCUT2D eigenvalue weighted by atomic mass is 10.0. The molecule has 0 radical (unpaired) electrons. The number of aryl methyl sites for hydroxylation is 1. The fourth-order valence-corrected chi connectivity index (χ4v) is 3.86. The van der Waals surface area contributed by atoms with E-state index in [0.717, 1.165) is 23.1 Å². The molecule has 1 heterocycles. The number of hydrogen-bond acceptors (Lipinski definition) is 6. The molecule has 144 valence electrons. The Morgan fingerprint density at radius 2 is 1.93 bits per heavy atom. The number of nitrogens with one attached hydrogen (secondary N) is 1. The Morgan fingerprint density at radius 3 is 2.48 bits per heavy atom. The van der Waals surface area contributed by atoms with E-state index < -0.39 is 11.2 Å². The zero-order chi connectivity index (χ0) is 20.0. The van der Waals surface area contributed by atoms with Crippen LogP contribution in [0.5, 0.6) is 5.75 Å². The van der Waals surface area contributed by atoms with Crippen molar-refractivity contribution in [3.8, 4) is 5.75 Å². The average Bonchev–Trinajstić information content (AvgIpc) is 3.08. The van der Waals surface area contributed by atoms with Crippen LogP contribution < -0.4 is 10.1 Å². The number of hydrogen-bond donors (Lipinski definition) is 2. The van der Waals surface area contributed by atoms with Crippen LogP contribution in [0.15, 0.2) is 30.3 Å². The maximum atomic E-state index is 12.9. The lowest BCUT2D eigenvalue weighted by Gasteiger charge is -2.11. The number of thiophene rings is 1. The van der Waals surface area contributed by atoms with E-state index in [0.29, 0.717) is 21.9 Å². The maximum absolute atomic E-state index is 12.9. The zero-order valence-corrected chi connectivity index (χ0v) is 16.9. The van der Waals surface area contributed by atoms with Crippen LogP contribution in [0.1, 0.15) is 34.6 Å². The summed E-state index contributed by atoms with van der Waals surface area (Å²) in [6.45, 7) is 3.62. The second kappa shape index (κ2) is 9.57. The Labute approximate surface area is 165 Å². The molecule has 2 N–H and O–H groups in total. The summed E-state index contributed by atoms with van der Waals surface area (Å²) in [6.07, 6.45) is 0.743. The van der Waals surface area contributed by atoms with Crippen LogP contribution in [0.4, 0.5) is 5.00 Å². The van der Waals surface area contributed by atoms with Crippen molar-refractivity contribution in [3.63, 3.8) is 0 Å². The van der Waals surface area contributed by atoms with E-state index in [1.807, 2.05) is 6.92 Å². The number of amides is 1. The molecule has 1 atom stereocenters. The molecule has 0 aliphatic carbocycles. The van der Waals surface area contributed by atoms with Gasteiger partial charge in [0.2, 0.25) is 5.91 Å². The summed E-state index contributed by atoms with van der Waals surface area (Å²) < 4.78 is 5.11. The third-order valence-corrected chi connectivity index (χ3v) is 6.11. The number of rotatable bonds is 9. The van der Waals surface area contributed by atoms with E-state index >= 15 is 0 Å². The summed E-state index contributed by atoms with van der Waals surface area (Å²) in [4.78, 5) is 36.9. The van der Waals surface area contributed by atoms with Crippen molar-refractivity contribution in [2.75, 3.05) is 18.2 Å². The van der Waals surface area contributed by atoms with Crippen LogP contribution in [-0.2, 0) is 16.0 Å². The Kier molecular flexibility index (Phi) is 7.44. The molecular weight excluding hydrogens is 386 g/mol. The molecule has 27 heavy (non-hydrogen) atoms. The highest BCUT2D eigenvalue weighted by Crippen LogP contribution is 2.31. The van der Waals surface area contributed by atoms with Gasteiger partial charge in [-0.2, -0.15) is 0 Å². The predicted octanol–water partition coefficient (Wildman–Crippen LogP) is 3.69. The van der Waals surface area contributed by atoms with Gasteiger partial charge in [-0.25, -0.2) is 0 Å². The predicted molar refractivity (Wildman–Crippen MR) is 108 cm³/mol. The minimum Gasteiger partial charge on any atom is -0.497 e. The number of thioether (sulfide) groups is 1. The number of ether oxygens (including phenoxy) is 1. The van der Waals surface area contributed by atoms with Crippen molar-refractivity contribution in [3.05, 3.63) is 46.3 Å². The SMILES string of the molecule is CCc1cc(C(=O)c2ccc(OC)cc2)c(NC(=O)C(C)SCC(=O)O)s1. The van der Waals surface area contributed by atoms with Gasteiger partial charge in [0.05, 0.1) is 23.7 Å². The molecule has 8 heteroatoms. The second-order valence-corrected chi connectivity index (χ2v) is 8.17. The van der Waals surface area contributed by atoms with Gasteiger partial charge in [-0.15, -0.1) is 23.1 Å². The molecule has 1 amide bonds. The first kappa shape index (κ1) is 21.0. The number of carbonyl (C=O) groups excluding carboxylic acids is 2. The Morgan fingerprint density at radius 1 is 1.26 bits per heavy atom. The Balaban J connectivity index is 2.21. The number of carboxylic acid groups (broad SMARTS) is 1. The zero-order valence-electron chi connectivity index (χ0n) is 15.3. The summed E-state index contributed by atoms with van der Waals surface area (Å²) >= 11 is 2.39. The van der Waals surface area contributed by atoms with Crippen molar-refractivity contribution < 1.29 is 24.2 Å². The van der Waals surface area contributed by atoms with Gasteiger partial charge in [-0.1, -0.05) is 6.92 Å². The highest BCUT2D eigenvalue weighted by atomic mass is 32.2. The van der Waals surface area contributed by atoms with Gasteiger partial charge >= 0.3 is 5.97 Å². The molecule has 6 nitrogen and oxygen atoms in total. The molecule has 1 aromatic heterocycles. The van der Waals surface area contributed by atoms with E-state index in [9.17, 15) is 14.4 Å². The largest absolute Gasteiger partial charge is 0.497 e. The summed E-state index contributed by atoms with van der Waals surface area (Å²) in [5.41, 5.74) is 0.936. The van der Waals surface area contributed by atoms with Gasteiger partial charge in [0, 0.05) is 10.4 Å². The fraction of sp³-hybridized carbons (Fsp3) is 0.316. The highest BCUT2D eigenvalue weighted by Gasteiger charge is 2.22. The standard InChI is InChI=1S/C19H21NO5S2/c1-4-14-9-15(17(23)12-5-7-13(25-3)8-6-12)19(27-14)20-18(24)11(2)26-10-16(21)22/h5-9,11H,4,10H2,1-3H3,(H,20,24)(H,21,22). The topological polar surface area (TPSA) is 92.7 Å². The van der Waals surface area contributed by atoms with E-state index in [1.165, 1.54) is 11.3 Å². The summed E-state index contributed by atoms with van der Waals surface area (Å²) in [5.74, 6) is -0.982. The van der Waals surface area contributed by atoms with Crippen molar-refractivity contribution >= 4 is 45.8 Å². The van der Waals surface area contributed by atoms with Crippen LogP contribution in [0.25, 0.3) is 0 Å². The van der Waals surface area contributed by atoms with E-state index in [4.69, 9.17) is 9.84 Å². The first-order chi connectivity index (χ1) is 12.8. The average molecular weight is 408 g/mol. The summed E-state index contributed by atoms with van der Waals surface area (Å²) in [6, 6.07) is 8.58. The fourth-order valence-electron chi connectivity index (χ4n) is 2.26. The third kappa shape index (κ3) is 5.58. The lowest BCUT2D eigenvalue weighted by molar-refractivity contribution is -0.133. The molecule has 1 aromatic carbocycles. The molecule has 0 spiro atoms. The highest BCUT2D eigenvalue weighted by molar-refractivity contribution is 8.01. The minimum atomic E-state index is -0.973. The number of methoxy groups -OCH3 is 1. The second-order valence-electron chi connectivity index (χ2n) is 5.70. The third-order valence-electron chi connectivity index (χ3n) is 3.79. The molecule has 0 saturated heterocycles. The summed E-state index contributed by atoms with van der Waals surface area (Å²) in [7, 11) is 1.56. The van der Waals surface area contributed by atoms with Crippen LogP contribution in [0.3, 0.4) is 0 Å². The first-order valence-electron chi connectivity index (χ1n) is 8.31. The Bertz CT molecular complexity index is 829. The van der Waals surface area contributed by atoms with Crippen LogP contribution in [0.2, 0.25) is 0 Å². The molecule has 2 aromatic rings. The van der Waals surface area contributed by atoms with E-state index in [1.54, 1.807) is 44.4 Å². The maximum Gasteiger partial charge on any atom is 0.313 e. The summed E-state index contributed by atoms with van der Waals surface area (Å²) in [5, 5.41) is 11.5. The van der Waals surface area contributed by atoms with Crippen LogP contribution in [0, 0.1) is 0 Å². The number of carboxylic acids is 1. The molecule has 0 bridgehead atoms. The number of aliphatic carboxylic acids is 1. The van der Waals surface area contributed by atoms with Gasteiger partial charge in [-0.3, -0.25) is 14.4 Å². The quantitative estimate of drug-likeness (QED) is 0.616. The Hall–Kier alpha value is -2.32. The molecule has 0 aliphatic heterocycles. The first-order valence-corrected chi connectivity index (χ1v) is 10.2. The van der Waals surface area contributed by atoms with E-state index in [-0.39, 0.29) is 17.4 Å². The van der Waals surface area contributed by atoms with Crippen molar-refractivity contribution in [1.82, 2.24) is 0 Å². The number of anilines is 1. The molecule has 0 aliphatic rings. The van der Waals surface area contributed by atoms with Crippen LogP contribution in [-0.4, -0.2) is 40.9 Å². The van der Waals surface area contributed by atoms with Gasteiger partial charge < -0.3 is 15.2 Å². The normalized spacial score (nSPS) is 11.7. The minimum absolute atomic E-state index is 0.156. The number of benzene rings is 1. The monoisotopic (exact) mass is 407 g/mol. The van der Waals surface area contributed by atoms with Crippen LogP contribution >= 0.6 is 23.1 Å². The number of carbonyl (C=O) groups is 3. The van der Waals surface area contributed by atoms with Gasteiger partial charge in [0.25, 0.3) is 0 Å². The van der Waals surface area contributed by atoms with Gasteiger partial charge in [-0.05, 0) is 43.7 Å². The van der Waals surface area contributed by atoms with Gasteiger partial charge in [0.15, 0.2) is 5.78 Å². The molecule has 2 rings (SSSR count). The molecule has 0 saturated carbocycles. The molecule has 0 fully saturated rings. The lowest BCUT2D eigenvalue weighted by Crippen LogP contribution is -2.24. The van der Waals surface area contributed by atoms with Gasteiger partial charge in [0.1, 0.15) is 10.8 Å². The smallest absolute Gasteiger partial charge is 0.313 e. The number of ketones is 1. The van der Waals surface area contributed by atoms with E-state index in [2.05, 4.69) is 5.32 Å². The van der Waals surface area contributed by atoms with Crippen molar-refractivity contribution in [2.45, 2.75) is 25.5 Å².